The largest absolute Gasteiger partial charge is 0.394 e. The van der Waals surface area contributed by atoms with Crippen molar-refractivity contribution in [2.24, 2.45) is 0 Å². The number of ether oxygens (including phenoxy) is 1. The molecule has 0 aliphatic carbocycles. The van der Waals surface area contributed by atoms with Crippen molar-refractivity contribution in [3.63, 3.8) is 0 Å². The van der Waals surface area contributed by atoms with Gasteiger partial charge in [0.2, 0.25) is 5.25 Å². The van der Waals surface area contributed by atoms with E-state index in [1.54, 1.807) is 0 Å². The van der Waals surface area contributed by atoms with Crippen molar-refractivity contribution < 1.29 is 30.3 Å². The molecule has 1 rings (SSSR count). The zero-order chi connectivity index (χ0) is 10.9. The summed E-state index contributed by atoms with van der Waals surface area (Å²) in [5.74, 6) is 0. The third kappa shape index (κ3) is 2.54. The van der Waals surface area contributed by atoms with Crippen molar-refractivity contribution in [2.75, 3.05) is 6.61 Å². The Morgan fingerprint density at radius 3 is 2.57 bits per heavy atom. The fourth-order valence-corrected chi connectivity index (χ4v) is 1.59. The normalized spacial score (nSPS) is 46.3. The van der Waals surface area contributed by atoms with Crippen LogP contribution in [-0.2, 0) is 4.74 Å². The first-order chi connectivity index (χ1) is 6.37. The molecule has 1 unspecified atom stereocenters. The third-order valence-corrected chi connectivity index (χ3v) is 2.32. The summed E-state index contributed by atoms with van der Waals surface area (Å²) < 4.78 is 4.71. The Morgan fingerprint density at radius 1 is 1.50 bits per heavy atom. The molecule has 1 heterocycles. The van der Waals surface area contributed by atoms with E-state index in [2.05, 4.69) is 0 Å². The molecule has 84 valence electrons. The average Bonchev–Trinajstić information content (AvgIpc) is 2.09. The highest BCUT2D eigenvalue weighted by Gasteiger charge is 2.46. The Labute approximate surface area is 85.3 Å². The minimum absolute atomic E-state index is 0.371. The van der Waals surface area contributed by atoms with Crippen LogP contribution in [0.4, 0.5) is 0 Å². The second kappa shape index (κ2) is 4.28. The molecule has 1 saturated heterocycles. The molecule has 0 saturated carbocycles. The van der Waals surface area contributed by atoms with Gasteiger partial charge in [-0.2, -0.15) is 0 Å². The van der Waals surface area contributed by atoms with Gasteiger partial charge in [-0.3, -0.25) is 0 Å². The molecule has 14 heavy (non-hydrogen) atoms. The van der Waals surface area contributed by atoms with E-state index in [0.29, 0.717) is 0 Å². The second-order valence-electron chi connectivity index (χ2n) is 3.28. The zero-order valence-electron chi connectivity index (χ0n) is 7.25. The molecular formula is C7H13ClO6. The molecule has 0 aromatic carbocycles. The number of hydrogen-bond donors (Lipinski definition) is 5. The van der Waals surface area contributed by atoms with Gasteiger partial charge < -0.3 is 30.3 Å². The number of hydrogen-bond acceptors (Lipinski definition) is 6. The number of aliphatic hydroxyl groups excluding tert-OH is 4. The smallest absolute Gasteiger partial charge is 0.248 e. The molecule has 7 heteroatoms. The number of alkyl halides is 1. The quantitative estimate of drug-likeness (QED) is 0.341. The summed E-state index contributed by atoms with van der Waals surface area (Å²) in [5, 5.41) is 43.5. The zero-order valence-corrected chi connectivity index (χ0v) is 8.00. The van der Waals surface area contributed by atoms with Crippen LogP contribution in [-0.4, -0.2) is 61.8 Å². The van der Waals surface area contributed by atoms with Gasteiger partial charge in [-0.05, 0) is 0 Å². The average molecular weight is 229 g/mol. The van der Waals surface area contributed by atoms with Gasteiger partial charge in [0.25, 0.3) is 0 Å². The summed E-state index contributed by atoms with van der Waals surface area (Å²) in [5.41, 5.74) is 0. The number of aliphatic hydroxyl groups is 5. The maximum absolute atomic E-state index is 9.36. The Balaban J connectivity index is 2.73. The van der Waals surface area contributed by atoms with Crippen LogP contribution in [0.15, 0.2) is 0 Å². The minimum Gasteiger partial charge on any atom is -0.394 e. The van der Waals surface area contributed by atoms with Gasteiger partial charge in [-0.15, -0.1) is 0 Å². The molecule has 0 spiro atoms. The van der Waals surface area contributed by atoms with Crippen molar-refractivity contribution in [3.05, 3.63) is 0 Å². The van der Waals surface area contributed by atoms with Crippen LogP contribution in [0.3, 0.4) is 0 Å². The van der Waals surface area contributed by atoms with Gasteiger partial charge in [0, 0.05) is 6.42 Å². The van der Waals surface area contributed by atoms with Crippen LogP contribution < -0.4 is 0 Å². The minimum atomic E-state index is -2.13. The van der Waals surface area contributed by atoms with Crippen LogP contribution in [0.25, 0.3) is 0 Å². The lowest BCUT2D eigenvalue weighted by atomic mass is 9.97. The maximum atomic E-state index is 9.36. The lowest BCUT2D eigenvalue weighted by Crippen LogP contribution is -2.57. The number of halogens is 1. The monoisotopic (exact) mass is 228 g/mol. The lowest BCUT2D eigenvalue weighted by Gasteiger charge is -2.40. The van der Waals surface area contributed by atoms with Crippen LogP contribution in [0.2, 0.25) is 0 Å². The highest BCUT2D eigenvalue weighted by molar-refractivity contribution is 6.21. The highest BCUT2D eigenvalue weighted by Crippen LogP contribution is 2.31. The summed E-state index contributed by atoms with van der Waals surface area (Å²) >= 11 is 5.40. The summed E-state index contributed by atoms with van der Waals surface area (Å²) in [7, 11) is 0. The molecule has 5 atom stereocenters. The topological polar surface area (TPSA) is 110 Å². The first-order valence-electron chi connectivity index (χ1n) is 4.11. The Bertz CT molecular complexity index is 199. The van der Waals surface area contributed by atoms with E-state index in [-0.39, 0.29) is 6.42 Å². The number of rotatable bonds is 2. The lowest BCUT2D eigenvalue weighted by molar-refractivity contribution is -0.278. The SMILES string of the molecule is OC[C@@H](O)[C@H]1OC(O)(Cl)C[C@@H](O)[C@H]1O. The molecule has 1 aliphatic rings. The molecule has 1 fully saturated rings. The van der Waals surface area contributed by atoms with E-state index in [4.69, 9.17) is 21.4 Å². The molecule has 0 aromatic rings. The third-order valence-electron chi connectivity index (χ3n) is 2.07. The molecule has 0 radical (unpaired) electrons. The van der Waals surface area contributed by atoms with Crippen LogP contribution in [0.5, 0.6) is 0 Å². The fraction of sp³-hybridized carbons (Fsp3) is 1.00. The molecule has 0 aromatic heterocycles. The van der Waals surface area contributed by atoms with Crippen molar-refractivity contribution >= 4 is 11.6 Å². The van der Waals surface area contributed by atoms with E-state index in [1.165, 1.54) is 0 Å². The van der Waals surface area contributed by atoms with Gasteiger partial charge >= 0.3 is 0 Å². The van der Waals surface area contributed by atoms with Gasteiger partial charge in [-0.1, -0.05) is 11.6 Å². The molecule has 1 aliphatic heterocycles. The standard InChI is InChI=1S/C7H13ClO6/c8-7(13)1-3(10)5(12)6(14-7)4(11)2-9/h3-6,9-13H,1-2H2/t3-,4-,5-,6-,7?/m1/s1. The fourth-order valence-electron chi connectivity index (χ4n) is 1.33. The summed E-state index contributed by atoms with van der Waals surface area (Å²) in [6.07, 6.45) is -5.80. The van der Waals surface area contributed by atoms with Crippen LogP contribution >= 0.6 is 11.6 Å². The first-order valence-corrected chi connectivity index (χ1v) is 4.49. The highest BCUT2D eigenvalue weighted by atomic mass is 35.5. The molecule has 0 bridgehead atoms. The molecule has 0 amide bonds. The van der Waals surface area contributed by atoms with E-state index in [0.717, 1.165) is 0 Å². The van der Waals surface area contributed by atoms with E-state index >= 15 is 0 Å². The van der Waals surface area contributed by atoms with Gasteiger partial charge in [0.15, 0.2) is 0 Å². The summed E-state index contributed by atoms with van der Waals surface area (Å²) in [6.45, 7) is -0.665. The molecule has 5 N–H and O–H groups in total. The van der Waals surface area contributed by atoms with Crippen molar-refractivity contribution in [2.45, 2.75) is 36.1 Å². The van der Waals surface area contributed by atoms with E-state index in [9.17, 15) is 20.4 Å². The van der Waals surface area contributed by atoms with Gasteiger partial charge in [0.1, 0.15) is 18.3 Å². The van der Waals surface area contributed by atoms with Crippen LogP contribution in [0, 0.1) is 0 Å². The van der Waals surface area contributed by atoms with Crippen molar-refractivity contribution in [3.8, 4) is 0 Å². The maximum Gasteiger partial charge on any atom is 0.248 e. The predicted octanol–water partition coefficient (Wildman–Crippen LogP) is -2.26. The van der Waals surface area contributed by atoms with Gasteiger partial charge in [-0.25, -0.2) is 0 Å². The van der Waals surface area contributed by atoms with Gasteiger partial charge in [0.05, 0.1) is 12.7 Å². The predicted molar refractivity (Wildman–Crippen MR) is 45.4 cm³/mol. The Kier molecular flexibility index (Phi) is 3.70. The molecular weight excluding hydrogens is 216 g/mol. The van der Waals surface area contributed by atoms with Crippen molar-refractivity contribution in [1.29, 1.82) is 0 Å². The Morgan fingerprint density at radius 2 is 2.07 bits per heavy atom. The van der Waals surface area contributed by atoms with E-state index in [1.807, 2.05) is 0 Å². The first kappa shape index (κ1) is 12.1. The summed E-state index contributed by atoms with van der Waals surface area (Å²) in [4.78, 5) is 0. The second-order valence-corrected chi connectivity index (χ2v) is 3.87. The summed E-state index contributed by atoms with van der Waals surface area (Å²) in [6, 6.07) is 0. The Hall–Kier alpha value is 0.0500. The van der Waals surface area contributed by atoms with Crippen LogP contribution in [0.1, 0.15) is 6.42 Å². The van der Waals surface area contributed by atoms with Crippen molar-refractivity contribution in [1.82, 2.24) is 0 Å². The molecule has 6 nitrogen and oxygen atoms in total. The van der Waals surface area contributed by atoms with E-state index < -0.39 is 36.3 Å².